The molecule has 0 spiro atoms. The number of hydrogen-bond donors (Lipinski definition) is 0. The third-order valence-corrected chi connectivity index (χ3v) is 6.92. The van der Waals surface area contributed by atoms with Gasteiger partial charge in [0.1, 0.15) is 18.1 Å². The van der Waals surface area contributed by atoms with Gasteiger partial charge in [-0.1, -0.05) is 55.5 Å². The van der Waals surface area contributed by atoms with Gasteiger partial charge in [0.2, 0.25) is 0 Å². The number of thioether (sulfide) groups is 1. The van der Waals surface area contributed by atoms with Crippen molar-refractivity contribution in [1.29, 1.82) is 0 Å². The molecule has 0 aliphatic heterocycles. The molecule has 0 unspecified atom stereocenters. The lowest BCUT2D eigenvalue weighted by Crippen LogP contribution is -2.06. The summed E-state index contributed by atoms with van der Waals surface area (Å²) in [6, 6.07) is 25.3. The Labute approximate surface area is 220 Å². The van der Waals surface area contributed by atoms with Crippen molar-refractivity contribution < 1.29 is 22.6 Å². The second-order valence-corrected chi connectivity index (χ2v) is 9.79. The number of halogens is 3. The lowest BCUT2D eigenvalue weighted by atomic mass is 10.0. The van der Waals surface area contributed by atoms with Crippen LogP contribution in [0.5, 0.6) is 11.5 Å². The van der Waals surface area contributed by atoms with Crippen LogP contribution in [0.3, 0.4) is 0 Å². The van der Waals surface area contributed by atoms with E-state index in [-0.39, 0.29) is 6.61 Å². The summed E-state index contributed by atoms with van der Waals surface area (Å²) in [6.45, 7) is 5.07. The molecule has 0 fully saturated rings. The largest absolute Gasteiger partial charge is 0.493 e. The molecular weight excluding hydrogens is 493 g/mol. The highest BCUT2D eigenvalue weighted by atomic mass is 32.2. The normalized spacial score (nSPS) is 12.1. The maximum Gasteiger partial charge on any atom is 0.416 e. The Bertz CT molecular complexity index is 1360. The number of alkyl halides is 3. The zero-order valence-corrected chi connectivity index (χ0v) is 21.7. The predicted molar refractivity (Wildman–Crippen MR) is 147 cm³/mol. The number of fused-ring (bicyclic) bond motifs is 1. The minimum absolute atomic E-state index is 0.262. The molecule has 0 aromatic heterocycles. The van der Waals surface area contributed by atoms with Gasteiger partial charge in [0.15, 0.2) is 0 Å². The molecule has 0 saturated carbocycles. The third-order valence-electron chi connectivity index (χ3n) is 5.82. The predicted octanol–water partition coefficient (Wildman–Crippen LogP) is 9.21. The van der Waals surface area contributed by atoms with E-state index in [1.54, 1.807) is 11.8 Å². The Morgan fingerprint density at radius 1 is 0.892 bits per heavy atom. The minimum atomic E-state index is -4.37. The van der Waals surface area contributed by atoms with Crippen molar-refractivity contribution in [2.45, 2.75) is 31.3 Å². The van der Waals surface area contributed by atoms with Gasteiger partial charge in [-0.05, 0) is 83.3 Å². The summed E-state index contributed by atoms with van der Waals surface area (Å²) in [5.74, 6) is 1.96. The fourth-order valence-electron chi connectivity index (χ4n) is 3.90. The SMILES string of the molecule is CCCOc1ccc(SCC(=Cc2cccc3ccccc23)COc2ccc(C(F)(F)F)cc2)cc1C. The molecule has 37 heavy (non-hydrogen) atoms. The summed E-state index contributed by atoms with van der Waals surface area (Å²) in [5, 5.41) is 2.28. The van der Waals surface area contributed by atoms with Crippen molar-refractivity contribution in [3.63, 3.8) is 0 Å². The number of ether oxygens (including phenoxy) is 2. The first kappa shape index (κ1) is 26.7. The number of hydrogen-bond acceptors (Lipinski definition) is 3. The summed E-state index contributed by atoms with van der Waals surface area (Å²) in [6.07, 6.45) is -1.30. The Morgan fingerprint density at radius 3 is 2.38 bits per heavy atom. The second kappa shape index (κ2) is 12.2. The van der Waals surface area contributed by atoms with E-state index in [4.69, 9.17) is 9.47 Å². The van der Waals surface area contributed by atoms with E-state index in [2.05, 4.69) is 49.4 Å². The van der Waals surface area contributed by atoms with Crippen LogP contribution in [0, 0.1) is 6.92 Å². The van der Waals surface area contributed by atoms with Crippen molar-refractivity contribution in [1.82, 2.24) is 0 Å². The highest BCUT2D eigenvalue weighted by molar-refractivity contribution is 7.99. The number of benzene rings is 4. The molecule has 2 nitrogen and oxygen atoms in total. The number of aryl methyl sites for hydroxylation is 1. The molecule has 0 heterocycles. The fourth-order valence-corrected chi connectivity index (χ4v) is 4.84. The average molecular weight is 523 g/mol. The smallest absolute Gasteiger partial charge is 0.416 e. The lowest BCUT2D eigenvalue weighted by Gasteiger charge is -2.13. The topological polar surface area (TPSA) is 18.5 Å². The van der Waals surface area contributed by atoms with E-state index >= 15 is 0 Å². The summed E-state index contributed by atoms with van der Waals surface area (Å²) < 4.78 is 50.5. The molecule has 0 aliphatic rings. The lowest BCUT2D eigenvalue weighted by molar-refractivity contribution is -0.137. The highest BCUT2D eigenvalue weighted by Crippen LogP contribution is 2.31. The monoisotopic (exact) mass is 522 g/mol. The molecule has 6 heteroatoms. The first-order valence-electron chi connectivity index (χ1n) is 12.2. The van der Waals surface area contributed by atoms with E-state index in [0.29, 0.717) is 18.1 Å². The fraction of sp³-hybridized carbons (Fsp3) is 0.226. The summed E-state index contributed by atoms with van der Waals surface area (Å²) in [5.41, 5.74) is 2.48. The van der Waals surface area contributed by atoms with Crippen LogP contribution < -0.4 is 9.47 Å². The molecule has 0 radical (unpaired) electrons. The zero-order valence-electron chi connectivity index (χ0n) is 20.8. The van der Waals surface area contributed by atoms with Gasteiger partial charge in [0, 0.05) is 10.6 Å². The van der Waals surface area contributed by atoms with Crippen LogP contribution >= 0.6 is 11.8 Å². The van der Waals surface area contributed by atoms with Crippen molar-refractivity contribution in [2.24, 2.45) is 0 Å². The molecule has 0 N–H and O–H groups in total. The highest BCUT2D eigenvalue weighted by Gasteiger charge is 2.30. The molecule has 0 bridgehead atoms. The van der Waals surface area contributed by atoms with Gasteiger partial charge in [-0.25, -0.2) is 0 Å². The molecule has 4 rings (SSSR count). The first-order valence-corrected chi connectivity index (χ1v) is 13.2. The van der Waals surface area contributed by atoms with Crippen LogP contribution in [0.2, 0.25) is 0 Å². The van der Waals surface area contributed by atoms with Crippen LogP contribution in [0.1, 0.15) is 30.0 Å². The Balaban J connectivity index is 1.55. The molecular formula is C31H29F3O2S. The Morgan fingerprint density at radius 2 is 1.65 bits per heavy atom. The van der Waals surface area contributed by atoms with Gasteiger partial charge in [-0.15, -0.1) is 11.8 Å². The summed E-state index contributed by atoms with van der Waals surface area (Å²) in [7, 11) is 0. The Hall–Kier alpha value is -3.38. The van der Waals surface area contributed by atoms with Crippen molar-refractivity contribution in [2.75, 3.05) is 19.0 Å². The molecule has 192 valence electrons. The molecule has 4 aromatic carbocycles. The number of rotatable bonds is 10. The van der Waals surface area contributed by atoms with E-state index in [1.807, 2.05) is 31.2 Å². The van der Waals surface area contributed by atoms with Crippen LogP contribution in [0.4, 0.5) is 13.2 Å². The third kappa shape index (κ3) is 7.32. The first-order chi connectivity index (χ1) is 17.8. The van der Waals surface area contributed by atoms with Crippen molar-refractivity contribution >= 4 is 28.6 Å². The van der Waals surface area contributed by atoms with Crippen molar-refractivity contribution in [3.05, 3.63) is 107 Å². The standard InChI is InChI=1S/C31H29F3O2S/c1-3-17-35-30-16-15-28(18-22(30)2)37-21-23(19-25-9-6-8-24-7-4-5-10-29(24)25)20-36-27-13-11-26(12-14-27)31(32,33)34/h4-16,18-19H,3,17,20-21H2,1-2H3. The Kier molecular flexibility index (Phi) is 8.82. The maximum absolute atomic E-state index is 12.9. The van der Waals surface area contributed by atoms with Crippen LogP contribution in [0.25, 0.3) is 16.8 Å². The van der Waals surface area contributed by atoms with Gasteiger partial charge < -0.3 is 9.47 Å². The van der Waals surface area contributed by atoms with Gasteiger partial charge in [0.25, 0.3) is 0 Å². The molecule has 0 atom stereocenters. The molecule has 0 saturated heterocycles. The van der Waals surface area contributed by atoms with Gasteiger partial charge in [0.05, 0.1) is 12.2 Å². The van der Waals surface area contributed by atoms with Crippen LogP contribution in [-0.4, -0.2) is 19.0 Å². The van der Waals surface area contributed by atoms with Gasteiger partial charge in [-0.2, -0.15) is 13.2 Å². The molecule has 0 aliphatic carbocycles. The van der Waals surface area contributed by atoms with E-state index in [1.165, 1.54) is 12.1 Å². The molecule has 4 aromatic rings. The van der Waals surface area contributed by atoms with E-state index in [9.17, 15) is 13.2 Å². The zero-order chi connectivity index (χ0) is 26.3. The van der Waals surface area contributed by atoms with Crippen molar-refractivity contribution in [3.8, 4) is 11.5 Å². The maximum atomic E-state index is 12.9. The quantitative estimate of drug-likeness (QED) is 0.193. The second-order valence-electron chi connectivity index (χ2n) is 8.75. The van der Waals surface area contributed by atoms with Gasteiger partial charge in [-0.3, -0.25) is 0 Å². The minimum Gasteiger partial charge on any atom is -0.493 e. The van der Waals surface area contributed by atoms with E-state index in [0.717, 1.165) is 56.7 Å². The van der Waals surface area contributed by atoms with Crippen LogP contribution in [-0.2, 0) is 6.18 Å². The summed E-state index contributed by atoms with van der Waals surface area (Å²) >= 11 is 1.69. The molecule has 0 amide bonds. The van der Waals surface area contributed by atoms with Crippen LogP contribution in [0.15, 0.2) is 95.4 Å². The average Bonchev–Trinajstić information content (AvgIpc) is 2.89. The van der Waals surface area contributed by atoms with Gasteiger partial charge >= 0.3 is 6.18 Å². The summed E-state index contributed by atoms with van der Waals surface area (Å²) in [4.78, 5) is 1.11. The van der Waals surface area contributed by atoms with E-state index < -0.39 is 11.7 Å².